The minimum Gasteiger partial charge on any atom is -0.309 e. The van der Waals surface area contributed by atoms with Crippen LogP contribution in [0.15, 0.2) is 122 Å². The summed E-state index contributed by atoms with van der Waals surface area (Å²) in [6.45, 7) is 30.5. The summed E-state index contributed by atoms with van der Waals surface area (Å²) in [7, 11) is 4.18. The number of imidazole rings is 1. The first-order chi connectivity index (χ1) is 26.5. The van der Waals surface area contributed by atoms with Crippen molar-refractivity contribution in [2.75, 3.05) is 0 Å². The summed E-state index contributed by atoms with van der Waals surface area (Å²) in [6, 6.07) is 39.0. The number of para-hydroxylation sites is 5. The van der Waals surface area contributed by atoms with Gasteiger partial charge in [0.2, 0.25) is 0 Å². The highest BCUT2D eigenvalue weighted by Crippen LogP contribution is 2.35. The lowest BCUT2D eigenvalue weighted by Crippen LogP contribution is -2.32. The van der Waals surface area contributed by atoms with Crippen LogP contribution in [-0.2, 0) is 14.1 Å². The molecule has 0 aliphatic carbocycles. The van der Waals surface area contributed by atoms with Crippen molar-refractivity contribution in [2.24, 2.45) is 14.1 Å². The molecule has 0 radical (unpaired) electrons. The van der Waals surface area contributed by atoms with Gasteiger partial charge in [-0.1, -0.05) is 174 Å². The lowest BCUT2D eigenvalue weighted by Gasteiger charge is -2.12. The van der Waals surface area contributed by atoms with Crippen molar-refractivity contribution in [3.8, 4) is 11.6 Å². The predicted octanol–water partition coefficient (Wildman–Crippen LogP) is 14.8. The summed E-state index contributed by atoms with van der Waals surface area (Å²) in [5.74, 6) is 1.16. The van der Waals surface area contributed by atoms with Gasteiger partial charge < -0.3 is 4.57 Å². The quantitative estimate of drug-likeness (QED) is 0.158. The molecule has 54 heavy (non-hydrogen) atoms. The molecule has 0 bridgehead atoms. The molecular weight excluding hydrogens is 657 g/mol. The van der Waals surface area contributed by atoms with E-state index in [2.05, 4.69) is 175 Å². The van der Waals surface area contributed by atoms with Gasteiger partial charge in [-0.05, 0) is 55.7 Å². The van der Waals surface area contributed by atoms with E-state index >= 15 is 0 Å². The first kappa shape index (κ1) is 46.9. The minimum atomic E-state index is 1.16. The average molecular weight is 728 g/mol. The molecule has 3 aromatic heterocycles. The number of hydrogen-bond donors (Lipinski definition) is 0. The molecule has 0 unspecified atom stereocenters. The second kappa shape index (κ2) is 24.3. The van der Waals surface area contributed by atoms with E-state index in [0.29, 0.717) is 0 Å². The molecule has 0 saturated carbocycles. The van der Waals surface area contributed by atoms with E-state index < -0.39 is 0 Å². The van der Waals surface area contributed by atoms with Crippen LogP contribution < -0.4 is 4.57 Å². The Morgan fingerprint density at radius 2 is 0.778 bits per heavy atom. The van der Waals surface area contributed by atoms with E-state index in [9.17, 15) is 0 Å². The van der Waals surface area contributed by atoms with Gasteiger partial charge in [-0.3, -0.25) is 0 Å². The number of aryl methyl sites for hydroxylation is 5. The molecule has 3 heterocycles. The molecule has 0 spiro atoms. The highest BCUT2D eigenvalue weighted by molar-refractivity contribution is 6.11. The molecule has 0 aliphatic rings. The van der Waals surface area contributed by atoms with Crippen molar-refractivity contribution in [3.63, 3.8) is 0 Å². The predicted molar refractivity (Wildman–Crippen MR) is 244 cm³/mol. The molecule has 4 nitrogen and oxygen atoms in total. The van der Waals surface area contributed by atoms with E-state index in [1.54, 1.807) is 0 Å². The Morgan fingerprint density at radius 1 is 0.407 bits per heavy atom. The Kier molecular flexibility index (Phi) is 21.1. The SMILES string of the molecule is CC.CC.CC.CC.CC.CC.Cc1cccc2c3ccccc3n(-c3n(C)cc[n+]3C)c12.Cc1ccccc1-n1c2ccccc2c2cccc(C)c21. The van der Waals surface area contributed by atoms with Crippen LogP contribution in [0.25, 0.3) is 55.2 Å². The van der Waals surface area contributed by atoms with E-state index in [1.165, 1.54) is 66.0 Å². The Morgan fingerprint density at radius 3 is 1.22 bits per heavy atom. The van der Waals surface area contributed by atoms with Crippen LogP contribution in [0.1, 0.15) is 99.8 Å². The Balaban J connectivity index is 0.000000424. The van der Waals surface area contributed by atoms with Gasteiger partial charge in [-0.2, -0.15) is 4.57 Å². The standard InChI is InChI=1S/C20H17N.C18H18N3.6C2H6/c1-14-8-3-5-12-18(14)21-19-13-6-4-10-16(19)17-11-7-9-15(2)20(17)21;1-13-7-6-9-15-14-8-4-5-10-16(14)21(17(13)15)18-19(2)11-12-20(18)3;6*1-2/h3-13H,1-2H3;4-12H,1-3H3;6*1-2H3/q;+1;;;;;;. The van der Waals surface area contributed by atoms with Crippen molar-refractivity contribution in [1.82, 2.24) is 13.7 Å². The van der Waals surface area contributed by atoms with E-state index in [4.69, 9.17) is 0 Å². The van der Waals surface area contributed by atoms with Crippen molar-refractivity contribution in [2.45, 2.75) is 104 Å². The topological polar surface area (TPSA) is 18.7 Å². The molecule has 4 heteroatoms. The molecule has 0 N–H and O–H groups in total. The molecule has 0 aliphatic heterocycles. The van der Waals surface area contributed by atoms with E-state index in [0.717, 1.165) is 5.95 Å². The normalized spacial score (nSPS) is 9.57. The van der Waals surface area contributed by atoms with Crippen molar-refractivity contribution in [3.05, 3.63) is 138 Å². The molecule has 8 aromatic rings. The van der Waals surface area contributed by atoms with Gasteiger partial charge in [0, 0.05) is 27.2 Å². The van der Waals surface area contributed by atoms with Crippen LogP contribution >= 0.6 is 0 Å². The zero-order valence-electron chi connectivity index (χ0n) is 36.8. The zero-order chi connectivity index (χ0) is 41.0. The van der Waals surface area contributed by atoms with Crippen molar-refractivity contribution < 1.29 is 4.57 Å². The van der Waals surface area contributed by atoms with Gasteiger partial charge in [0.15, 0.2) is 0 Å². The summed E-state index contributed by atoms with van der Waals surface area (Å²) in [4.78, 5) is 0. The van der Waals surface area contributed by atoms with Gasteiger partial charge in [0.25, 0.3) is 0 Å². The summed E-state index contributed by atoms with van der Waals surface area (Å²) in [6.07, 6.45) is 4.18. The number of nitrogens with zero attached hydrogens (tertiary/aromatic N) is 4. The third kappa shape index (κ3) is 9.71. The highest BCUT2D eigenvalue weighted by Gasteiger charge is 2.23. The first-order valence-corrected chi connectivity index (χ1v) is 20.5. The maximum Gasteiger partial charge on any atom is 0.369 e. The second-order valence-corrected chi connectivity index (χ2v) is 11.3. The van der Waals surface area contributed by atoms with Gasteiger partial charge in [-0.15, -0.1) is 0 Å². The fourth-order valence-corrected chi connectivity index (χ4v) is 6.55. The number of hydrogen-bond acceptors (Lipinski definition) is 0. The largest absolute Gasteiger partial charge is 0.369 e. The maximum absolute atomic E-state index is 2.40. The molecule has 290 valence electrons. The Hall–Kier alpha value is -5.09. The number of fused-ring (bicyclic) bond motifs is 6. The van der Waals surface area contributed by atoms with Crippen LogP contribution in [0.5, 0.6) is 0 Å². The molecule has 0 amide bonds. The second-order valence-electron chi connectivity index (χ2n) is 11.3. The molecule has 0 atom stereocenters. The van der Waals surface area contributed by atoms with E-state index in [-0.39, 0.29) is 0 Å². The smallest absolute Gasteiger partial charge is 0.309 e. The van der Waals surface area contributed by atoms with E-state index in [1.807, 2.05) is 83.1 Å². The molecule has 0 fully saturated rings. The number of benzene rings is 5. The lowest BCUT2D eigenvalue weighted by atomic mass is 10.1. The number of rotatable bonds is 2. The number of aromatic nitrogens is 4. The van der Waals surface area contributed by atoms with Crippen LogP contribution in [0, 0.1) is 20.8 Å². The average Bonchev–Trinajstić information content (AvgIpc) is 3.89. The molecule has 0 saturated heterocycles. The Bertz CT molecular complexity index is 2240. The summed E-state index contributed by atoms with van der Waals surface area (Å²) < 4.78 is 9.09. The van der Waals surface area contributed by atoms with Crippen molar-refractivity contribution in [1.29, 1.82) is 0 Å². The summed E-state index contributed by atoms with van der Waals surface area (Å²) in [5, 5.41) is 5.26. The van der Waals surface area contributed by atoms with Gasteiger partial charge >= 0.3 is 5.95 Å². The fourth-order valence-electron chi connectivity index (χ4n) is 6.55. The third-order valence-electron chi connectivity index (χ3n) is 8.49. The minimum absolute atomic E-state index is 1.16. The van der Waals surface area contributed by atoms with Crippen LogP contribution in [0.2, 0.25) is 0 Å². The van der Waals surface area contributed by atoms with Crippen LogP contribution in [0.4, 0.5) is 0 Å². The zero-order valence-corrected chi connectivity index (χ0v) is 36.8. The molecule has 8 rings (SSSR count). The van der Waals surface area contributed by atoms with Crippen molar-refractivity contribution >= 4 is 43.6 Å². The van der Waals surface area contributed by atoms with Crippen LogP contribution in [-0.4, -0.2) is 13.7 Å². The lowest BCUT2D eigenvalue weighted by molar-refractivity contribution is -0.664. The first-order valence-electron chi connectivity index (χ1n) is 20.5. The molecular formula is C50H71N4+. The van der Waals surface area contributed by atoms with Gasteiger partial charge in [0.1, 0.15) is 11.0 Å². The highest BCUT2D eigenvalue weighted by atomic mass is 15.3. The maximum atomic E-state index is 2.40. The third-order valence-corrected chi connectivity index (χ3v) is 8.49. The van der Waals surface area contributed by atoms with Crippen LogP contribution in [0.3, 0.4) is 0 Å². The molecule has 5 aromatic carbocycles. The van der Waals surface area contributed by atoms with Gasteiger partial charge in [-0.25, -0.2) is 9.13 Å². The Labute approximate surface area is 328 Å². The summed E-state index contributed by atoms with van der Waals surface area (Å²) >= 11 is 0. The monoisotopic (exact) mass is 728 g/mol. The summed E-state index contributed by atoms with van der Waals surface area (Å²) in [5.41, 5.74) is 10.3. The fraction of sp³-hybridized carbons (Fsp3) is 0.340. The van der Waals surface area contributed by atoms with Gasteiger partial charge in [0.05, 0.1) is 37.5 Å².